The minimum atomic E-state index is -3.77. The first-order chi connectivity index (χ1) is 22.5. The molecule has 6 heterocycles. The van der Waals surface area contributed by atoms with Crippen molar-refractivity contribution in [1.82, 2.24) is 9.80 Å². The number of hydrogen-bond acceptors (Lipinski definition) is 10. The van der Waals surface area contributed by atoms with Crippen molar-refractivity contribution < 1.29 is 36.3 Å². The monoisotopic (exact) mass is 676 g/mol. The quantitative estimate of drug-likeness (QED) is 0.108. The zero-order valence-corrected chi connectivity index (χ0v) is 28.7. The molecule has 2 aromatic rings. The normalized spacial score (nSPS) is 29.6. The number of phosphoric ester groups is 2. The van der Waals surface area contributed by atoms with Crippen LogP contribution in [0.3, 0.4) is 0 Å². The molecule has 8 rings (SSSR count). The third-order valence-corrected chi connectivity index (χ3v) is 12.6. The minimum Gasteiger partial charge on any atom is -0.404 e. The second-order valence-corrected chi connectivity index (χ2v) is 16.1. The van der Waals surface area contributed by atoms with Crippen molar-refractivity contribution in [3.8, 4) is 11.5 Å². The molecule has 0 amide bonds. The molecule has 4 atom stereocenters. The molecule has 0 spiro atoms. The summed E-state index contributed by atoms with van der Waals surface area (Å²) in [5.74, 6) is 1.77. The Morgan fingerprint density at radius 1 is 0.543 bits per heavy atom. The van der Waals surface area contributed by atoms with Gasteiger partial charge >= 0.3 is 15.6 Å². The minimum absolute atomic E-state index is 0.131. The van der Waals surface area contributed by atoms with E-state index in [0.717, 1.165) is 103 Å². The molecule has 6 aliphatic heterocycles. The van der Waals surface area contributed by atoms with Crippen LogP contribution < -0.4 is 9.05 Å². The lowest BCUT2D eigenvalue weighted by atomic mass is 9.86. The summed E-state index contributed by atoms with van der Waals surface area (Å²) in [6.07, 6.45) is 9.37. The van der Waals surface area contributed by atoms with Gasteiger partial charge in [-0.15, -0.1) is 0 Å². The predicted octanol–water partition coefficient (Wildman–Crippen LogP) is 7.96. The van der Waals surface area contributed by atoms with Gasteiger partial charge in [0.25, 0.3) is 0 Å². The standard InChI is InChI=1S/C34H50N2O8P2/c37-45(41-31-13-7-5-8-14-31,43-33-27-35-21-17-29(33)18-22-35)39-25-11-3-1-2-4-12-26-40-46(38,42-32-15-9-6-10-16-32)44-34-28-36-23-19-30(34)20-24-36/h5-10,13-16,29-30,33-34H,1-4,11-12,17-28H2. The van der Waals surface area contributed by atoms with Gasteiger partial charge in [0.05, 0.1) is 25.4 Å². The van der Waals surface area contributed by atoms with E-state index in [4.69, 9.17) is 27.1 Å². The Kier molecular flexibility index (Phi) is 12.3. The summed E-state index contributed by atoms with van der Waals surface area (Å²) in [5, 5.41) is 0. The molecule has 0 aliphatic carbocycles. The zero-order chi connectivity index (χ0) is 31.7. The number of unbranched alkanes of at least 4 members (excludes halogenated alkanes) is 5. The molecule has 46 heavy (non-hydrogen) atoms. The van der Waals surface area contributed by atoms with Gasteiger partial charge in [-0.3, -0.25) is 18.1 Å². The molecule has 2 aromatic carbocycles. The second-order valence-electron chi connectivity index (χ2n) is 13.1. The molecule has 6 fully saturated rings. The molecule has 0 aromatic heterocycles. The molecule has 10 nitrogen and oxygen atoms in total. The number of fused-ring (bicyclic) bond motifs is 6. The Balaban J connectivity index is 0.899. The summed E-state index contributed by atoms with van der Waals surface area (Å²) in [5.41, 5.74) is 0. The van der Waals surface area contributed by atoms with Gasteiger partial charge in [-0.05, 0) is 101 Å². The molecule has 0 radical (unpaired) electrons. The lowest BCUT2D eigenvalue weighted by Gasteiger charge is -2.44. The van der Waals surface area contributed by atoms with Crippen LogP contribution in [-0.2, 0) is 27.2 Å². The second kappa shape index (κ2) is 16.6. The van der Waals surface area contributed by atoms with Gasteiger partial charge < -0.3 is 18.8 Å². The average Bonchev–Trinajstić information content (AvgIpc) is 3.07. The van der Waals surface area contributed by atoms with Crippen molar-refractivity contribution in [2.75, 3.05) is 52.5 Å². The third kappa shape index (κ3) is 9.90. The number of phosphoric acid groups is 2. The van der Waals surface area contributed by atoms with Crippen molar-refractivity contribution in [3.05, 3.63) is 60.7 Å². The topological polar surface area (TPSA) is 96.0 Å². The third-order valence-electron chi connectivity index (χ3n) is 9.68. The molecule has 6 saturated heterocycles. The molecular formula is C34H50N2O8P2. The Labute approximate surface area is 274 Å². The number of piperidine rings is 6. The summed E-state index contributed by atoms with van der Waals surface area (Å²) in [7, 11) is -7.53. The van der Waals surface area contributed by atoms with E-state index in [1.807, 2.05) is 36.4 Å². The predicted molar refractivity (Wildman–Crippen MR) is 177 cm³/mol. The van der Waals surface area contributed by atoms with Crippen LogP contribution in [0.5, 0.6) is 11.5 Å². The first-order valence-corrected chi connectivity index (χ1v) is 20.2. The number of benzene rings is 2. The van der Waals surface area contributed by atoms with E-state index in [2.05, 4.69) is 9.80 Å². The number of rotatable bonds is 19. The maximum absolute atomic E-state index is 13.7. The van der Waals surface area contributed by atoms with Crippen molar-refractivity contribution in [1.29, 1.82) is 0 Å². The van der Waals surface area contributed by atoms with Crippen LogP contribution in [0.25, 0.3) is 0 Å². The summed E-state index contributed by atoms with van der Waals surface area (Å²) < 4.78 is 63.2. The smallest absolute Gasteiger partial charge is 0.404 e. The Morgan fingerprint density at radius 3 is 1.26 bits per heavy atom. The molecule has 12 heteroatoms. The van der Waals surface area contributed by atoms with Crippen LogP contribution in [0.2, 0.25) is 0 Å². The Bertz CT molecular complexity index is 1190. The van der Waals surface area contributed by atoms with Gasteiger partial charge in [-0.1, -0.05) is 62.1 Å². The van der Waals surface area contributed by atoms with E-state index in [0.29, 0.717) is 36.5 Å². The molecule has 6 aliphatic rings. The van der Waals surface area contributed by atoms with E-state index in [1.165, 1.54) is 0 Å². The Morgan fingerprint density at radius 2 is 0.913 bits per heavy atom. The van der Waals surface area contributed by atoms with Gasteiger partial charge in [0.2, 0.25) is 0 Å². The van der Waals surface area contributed by atoms with Crippen LogP contribution in [-0.4, -0.2) is 74.5 Å². The molecule has 4 unspecified atom stereocenters. The summed E-state index contributed by atoms with van der Waals surface area (Å²) in [6, 6.07) is 18.3. The van der Waals surface area contributed by atoms with Crippen LogP contribution in [0.1, 0.15) is 64.2 Å². The molecule has 0 saturated carbocycles. The molecule has 4 bridgehead atoms. The zero-order valence-electron chi connectivity index (χ0n) is 26.9. The van der Waals surface area contributed by atoms with E-state index >= 15 is 0 Å². The number of nitrogens with zero attached hydrogens (tertiary/aromatic N) is 2. The van der Waals surface area contributed by atoms with Gasteiger partial charge in [-0.2, -0.15) is 0 Å². The lowest BCUT2D eigenvalue weighted by molar-refractivity contribution is -0.0254. The highest BCUT2D eigenvalue weighted by atomic mass is 31.2. The summed E-state index contributed by atoms with van der Waals surface area (Å²) in [6.45, 7) is 6.49. The molecule has 254 valence electrons. The first-order valence-electron chi connectivity index (χ1n) is 17.3. The fourth-order valence-electron chi connectivity index (χ4n) is 7.03. The highest BCUT2D eigenvalue weighted by Crippen LogP contribution is 2.54. The first kappa shape index (κ1) is 34.1. The van der Waals surface area contributed by atoms with Crippen LogP contribution in [0.15, 0.2) is 60.7 Å². The van der Waals surface area contributed by atoms with Crippen LogP contribution in [0.4, 0.5) is 0 Å². The van der Waals surface area contributed by atoms with Crippen molar-refractivity contribution >= 4 is 15.6 Å². The van der Waals surface area contributed by atoms with Crippen molar-refractivity contribution in [2.24, 2.45) is 11.8 Å². The van der Waals surface area contributed by atoms with Gasteiger partial charge in [0.1, 0.15) is 11.5 Å². The van der Waals surface area contributed by atoms with Gasteiger partial charge in [0.15, 0.2) is 0 Å². The van der Waals surface area contributed by atoms with Gasteiger partial charge in [-0.25, -0.2) is 9.13 Å². The average molecular weight is 677 g/mol. The van der Waals surface area contributed by atoms with Gasteiger partial charge in [0, 0.05) is 13.1 Å². The fourth-order valence-corrected chi connectivity index (χ4v) is 9.95. The SMILES string of the molecule is O=P(OCCCCCCCCOP(=O)(Oc1ccccc1)OC1CN2CCC1CC2)(Oc1ccccc1)OC1CN2CCC1CC2. The van der Waals surface area contributed by atoms with E-state index in [1.54, 1.807) is 24.3 Å². The summed E-state index contributed by atoms with van der Waals surface area (Å²) >= 11 is 0. The van der Waals surface area contributed by atoms with Crippen LogP contribution >= 0.6 is 15.6 Å². The van der Waals surface area contributed by atoms with Crippen LogP contribution in [0, 0.1) is 11.8 Å². The molecular weight excluding hydrogens is 626 g/mol. The number of para-hydroxylation sites is 2. The molecule has 0 N–H and O–H groups in total. The highest BCUT2D eigenvalue weighted by Gasteiger charge is 2.43. The lowest BCUT2D eigenvalue weighted by Crippen LogP contribution is -2.51. The number of hydrogen-bond donors (Lipinski definition) is 0. The maximum atomic E-state index is 13.7. The fraction of sp³-hybridized carbons (Fsp3) is 0.647. The van der Waals surface area contributed by atoms with Crippen molar-refractivity contribution in [2.45, 2.75) is 76.4 Å². The van der Waals surface area contributed by atoms with E-state index in [-0.39, 0.29) is 12.2 Å². The maximum Gasteiger partial charge on any atom is 0.530 e. The van der Waals surface area contributed by atoms with Crippen molar-refractivity contribution in [3.63, 3.8) is 0 Å². The van der Waals surface area contributed by atoms with E-state index < -0.39 is 15.6 Å². The Hall–Kier alpha value is -1.74. The highest BCUT2D eigenvalue weighted by molar-refractivity contribution is 7.49. The van der Waals surface area contributed by atoms with E-state index in [9.17, 15) is 9.13 Å². The summed E-state index contributed by atoms with van der Waals surface area (Å²) in [4.78, 5) is 4.73. The largest absolute Gasteiger partial charge is 0.530 e.